The summed E-state index contributed by atoms with van der Waals surface area (Å²) in [6, 6.07) is 15.2. The van der Waals surface area contributed by atoms with Gasteiger partial charge in [-0.1, -0.05) is 77.1 Å². The molecule has 0 aliphatic carbocycles. The molecule has 1 heterocycles. The molecule has 2 nitrogen and oxygen atoms in total. The van der Waals surface area contributed by atoms with E-state index >= 15 is 0 Å². The highest BCUT2D eigenvalue weighted by atomic mass is 15.1. The van der Waals surface area contributed by atoms with E-state index in [0.717, 1.165) is 17.8 Å². The minimum Gasteiger partial charge on any atom is -0.299 e. The average Bonchev–Trinajstić information content (AvgIpc) is 3.10. The van der Waals surface area contributed by atoms with Crippen molar-refractivity contribution >= 4 is 0 Å². The molecule has 0 N–H and O–H groups in total. The number of nitrogens with zero attached hydrogens (tertiary/aromatic N) is 2. The van der Waals surface area contributed by atoms with E-state index in [9.17, 15) is 0 Å². The molecule has 3 aromatic rings. The summed E-state index contributed by atoms with van der Waals surface area (Å²) in [7, 11) is 0. The third-order valence-corrected chi connectivity index (χ3v) is 4.82. The lowest BCUT2D eigenvalue weighted by atomic mass is 9.90. The van der Waals surface area contributed by atoms with Gasteiger partial charge in [0.05, 0.1) is 5.69 Å². The highest BCUT2D eigenvalue weighted by Crippen LogP contribution is 2.33. The summed E-state index contributed by atoms with van der Waals surface area (Å²) in [5.74, 6) is 2.01. The molecule has 0 bridgehead atoms. The van der Waals surface area contributed by atoms with Crippen LogP contribution >= 0.6 is 0 Å². The van der Waals surface area contributed by atoms with Crippen molar-refractivity contribution in [1.29, 1.82) is 0 Å². The van der Waals surface area contributed by atoms with Gasteiger partial charge in [-0.2, -0.15) is 0 Å². The van der Waals surface area contributed by atoms with Gasteiger partial charge in [-0.25, -0.2) is 4.98 Å². The van der Waals surface area contributed by atoms with Crippen LogP contribution in [0.1, 0.15) is 63.1 Å². The van der Waals surface area contributed by atoms with E-state index in [1.165, 1.54) is 22.4 Å². The molecule has 130 valence electrons. The number of aryl methyl sites for hydroxylation is 1. The Morgan fingerprint density at radius 3 is 2.28 bits per heavy atom. The first-order valence-corrected chi connectivity index (χ1v) is 9.28. The van der Waals surface area contributed by atoms with E-state index in [4.69, 9.17) is 0 Å². The Labute approximate surface area is 151 Å². The SMILES string of the molecule is CCc1cc(C(C)C)cc(C(C)C)c1-n1ccnc1-c1ccccc1. The molecule has 0 aliphatic heterocycles. The standard InChI is InChI=1S/C23H28N2/c1-6-18-14-20(16(2)3)15-21(17(4)5)22(18)25-13-12-24-23(25)19-10-8-7-9-11-19/h7-17H,6H2,1-5H3. The van der Waals surface area contributed by atoms with Crippen LogP contribution in [0.3, 0.4) is 0 Å². The van der Waals surface area contributed by atoms with Crippen molar-refractivity contribution in [1.82, 2.24) is 9.55 Å². The maximum atomic E-state index is 4.66. The van der Waals surface area contributed by atoms with Gasteiger partial charge in [0.2, 0.25) is 0 Å². The van der Waals surface area contributed by atoms with Gasteiger partial charge in [-0.15, -0.1) is 0 Å². The van der Waals surface area contributed by atoms with Crippen LogP contribution in [0.15, 0.2) is 54.9 Å². The summed E-state index contributed by atoms with van der Waals surface area (Å²) < 4.78 is 2.27. The van der Waals surface area contributed by atoms with Gasteiger partial charge in [0.15, 0.2) is 0 Å². The topological polar surface area (TPSA) is 17.8 Å². The second-order valence-electron chi connectivity index (χ2n) is 7.27. The monoisotopic (exact) mass is 332 g/mol. The average molecular weight is 332 g/mol. The van der Waals surface area contributed by atoms with E-state index in [1.807, 2.05) is 12.3 Å². The molecule has 0 amide bonds. The van der Waals surface area contributed by atoms with Crippen LogP contribution in [0.5, 0.6) is 0 Å². The first-order valence-electron chi connectivity index (χ1n) is 9.28. The van der Waals surface area contributed by atoms with Crippen LogP contribution in [0, 0.1) is 0 Å². The molecule has 25 heavy (non-hydrogen) atoms. The minimum absolute atomic E-state index is 0.463. The second-order valence-corrected chi connectivity index (χ2v) is 7.27. The molecule has 1 aromatic heterocycles. The third-order valence-electron chi connectivity index (χ3n) is 4.82. The van der Waals surface area contributed by atoms with Gasteiger partial charge >= 0.3 is 0 Å². The normalized spacial score (nSPS) is 11.5. The maximum Gasteiger partial charge on any atom is 0.144 e. The molecule has 0 saturated heterocycles. The Kier molecular flexibility index (Phi) is 5.08. The predicted molar refractivity (Wildman–Crippen MR) is 107 cm³/mol. The van der Waals surface area contributed by atoms with Gasteiger partial charge in [0.1, 0.15) is 5.82 Å². The lowest BCUT2D eigenvalue weighted by Gasteiger charge is -2.22. The number of hydrogen-bond acceptors (Lipinski definition) is 1. The van der Waals surface area contributed by atoms with Crippen molar-refractivity contribution in [2.75, 3.05) is 0 Å². The predicted octanol–water partition coefficient (Wildman–Crippen LogP) is 6.35. The van der Waals surface area contributed by atoms with Crippen molar-refractivity contribution in [3.8, 4) is 17.1 Å². The molecule has 2 heteroatoms. The molecule has 0 radical (unpaired) electrons. The van der Waals surface area contributed by atoms with Crippen molar-refractivity contribution < 1.29 is 0 Å². The minimum atomic E-state index is 0.463. The van der Waals surface area contributed by atoms with Crippen LogP contribution in [0.4, 0.5) is 0 Å². The van der Waals surface area contributed by atoms with Crippen LogP contribution in [-0.2, 0) is 6.42 Å². The number of aromatic nitrogens is 2. The number of rotatable bonds is 5. The Bertz CT molecular complexity index is 842. The highest BCUT2D eigenvalue weighted by Gasteiger charge is 2.18. The largest absolute Gasteiger partial charge is 0.299 e. The molecule has 0 aliphatic rings. The summed E-state index contributed by atoms with van der Waals surface area (Å²) in [4.78, 5) is 4.66. The lowest BCUT2D eigenvalue weighted by molar-refractivity contribution is 0.811. The quantitative estimate of drug-likeness (QED) is 0.532. The van der Waals surface area contributed by atoms with E-state index in [2.05, 4.69) is 86.8 Å². The Balaban J connectivity index is 2.26. The van der Waals surface area contributed by atoms with E-state index in [1.54, 1.807) is 0 Å². The molecular formula is C23H28N2. The molecule has 3 rings (SSSR count). The number of imidazole rings is 1. The van der Waals surface area contributed by atoms with Crippen molar-refractivity contribution in [2.24, 2.45) is 0 Å². The molecular weight excluding hydrogens is 304 g/mol. The van der Waals surface area contributed by atoms with Crippen LogP contribution in [0.25, 0.3) is 17.1 Å². The first kappa shape index (κ1) is 17.5. The molecule has 0 spiro atoms. The zero-order chi connectivity index (χ0) is 18.0. The molecule has 0 fully saturated rings. The molecule has 0 atom stereocenters. The molecule has 0 saturated carbocycles. The van der Waals surface area contributed by atoms with Gasteiger partial charge in [-0.05, 0) is 34.9 Å². The number of benzene rings is 2. The fourth-order valence-electron chi connectivity index (χ4n) is 3.37. The fraction of sp³-hybridized carbons (Fsp3) is 0.348. The number of hydrogen-bond donors (Lipinski definition) is 0. The second kappa shape index (κ2) is 7.26. The summed E-state index contributed by atoms with van der Waals surface area (Å²) in [5.41, 5.74) is 6.67. The van der Waals surface area contributed by atoms with Crippen molar-refractivity contribution in [3.05, 3.63) is 71.5 Å². The first-order chi connectivity index (χ1) is 12.0. The smallest absolute Gasteiger partial charge is 0.144 e. The summed E-state index contributed by atoms with van der Waals surface area (Å²) in [5, 5.41) is 0. The van der Waals surface area contributed by atoms with Gasteiger partial charge in [0, 0.05) is 18.0 Å². The highest BCUT2D eigenvalue weighted by molar-refractivity contribution is 5.62. The Morgan fingerprint density at radius 1 is 0.960 bits per heavy atom. The Hall–Kier alpha value is -2.35. The maximum absolute atomic E-state index is 4.66. The molecule has 2 aromatic carbocycles. The van der Waals surface area contributed by atoms with Crippen molar-refractivity contribution in [3.63, 3.8) is 0 Å². The zero-order valence-electron chi connectivity index (χ0n) is 16.0. The van der Waals surface area contributed by atoms with Crippen molar-refractivity contribution in [2.45, 2.75) is 52.9 Å². The van der Waals surface area contributed by atoms with Gasteiger partial charge in [-0.3, -0.25) is 4.57 Å². The van der Waals surface area contributed by atoms with Gasteiger partial charge < -0.3 is 0 Å². The van der Waals surface area contributed by atoms with E-state index < -0.39 is 0 Å². The third kappa shape index (κ3) is 3.39. The Morgan fingerprint density at radius 2 is 1.68 bits per heavy atom. The van der Waals surface area contributed by atoms with E-state index in [-0.39, 0.29) is 0 Å². The van der Waals surface area contributed by atoms with Crippen LogP contribution in [-0.4, -0.2) is 9.55 Å². The van der Waals surface area contributed by atoms with Crippen LogP contribution < -0.4 is 0 Å². The lowest BCUT2D eigenvalue weighted by Crippen LogP contribution is -2.08. The van der Waals surface area contributed by atoms with Crippen LogP contribution in [0.2, 0.25) is 0 Å². The van der Waals surface area contributed by atoms with Gasteiger partial charge in [0.25, 0.3) is 0 Å². The zero-order valence-corrected chi connectivity index (χ0v) is 16.0. The summed E-state index contributed by atoms with van der Waals surface area (Å²) in [6.45, 7) is 11.3. The molecule has 0 unspecified atom stereocenters. The van der Waals surface area contributed by atoms with E-state index in [0.29, 0.717) is 11.8 Å². The fourth-order valence-corrected chi connectivity index (χ4v) is 3.37. The summed E-state index contributed by atoms with van der Waals surface area (Å²) in [6.07, 6.45) is 5.02. The summed E-state index contributed by atoms with van der Waals surface area (Å²) >= 11 is 0.